The third kappa shape index (κ3) is 5.19. The molecule has 1 N–H and O–H groups in total. The highest BCUT2D eigenvalue weighted by Gasteiger charge is 2.40. The van der Waals surface area contributed by atoms with Gasteiger partial charge in [0.2, 0.25) is 10.0 Å². The summed E-state index contributed by atoms with van der Waals surface area (Å²) in [4.78, 5) is 34.9. The molecule has 2 aromatic carbocycles. The molecule has 164 valence electrons. The first-order chi connectivity index (χ1) is 14.7. The number of hydrogen-bond acceptors (Lipinski definition) is 7. The zero-order chi connectivity index (χ0) is 22.6. The second-order valence-electron chi connectivity index (χ2n) is 6.66. The van der Waals surface area contributed by atoms with Crippen LogP contribution in [-0.2, 0) is 24.3 Å². The fraction of sp³-hybridized carbons (Fsp3) is 0.263. The molecule has 1 saturated heterocycles. The van der Waals surface area contributed by atoms with E-state index in [2.05, 4.69) is 5.32 Å². The third-order valence-electron chi connectivity index (χ3n) is 4.62. The van der Waals surface area contributed by atoms with E-state index in [1.165, 1.54) is 48.5 Å². The van der Waals surface area contributed by atoms with Crippen LogP contribution in [0.3, 0.4) is 0 Å². The normalized spacial score (nSPS) is 16.6. The number of para-hydroxylation sites is 2. The number of nitrogens with one attached hydrogen (secondary N) is 1. The van der Waals surface area contributed by atoms with Gasteiger partial charge in [-0.1, -0.05) is 23.7 Å². The predicted octanol–water partition coefficient (Wildman–Crippen LogP) is 2.58. The van der Waals surface area contributed by atoms with Gasteiger partial charge in [0.1, 0.15) is 11.7 Å². The maximum absolute atomic E-state index is 12.9. The highest BCUT2D eigenvalue weighted by molar-refractivity contribution is 7.89. The number of sulfonamides is 1. The van der Waals surface area contributed by atoms with Crippen molar-refractivity contribution in [3.8, 4) is 0 Å². The zero-order valence-electron chi connectivity index (χ0n) is 16.1. The summed E-state index contributed by atoms with van der Waals surface area (Å²) in [6.45, 7) is -0.580. The topological polar surface area (TPSA) is 136 Å². The minimum atomic E-state index is -3.95. The zero-order valence-corrected chi connectivity index (χ0v) is 17.6. The molecular formula is C19H18ClN3O7S. The summed E-state index contributed by atoms with van der Waals surface area (Å²) >= 11 is 5.80. The Hall–Kier alpha value is -3.02. The standard InChI is InChI=1S/C19H18ClN3O7S/c20-13-7-9-14(10-8-13)31(28,29)22-11-3-6-17(22)19(25)30-12-18(24)21-15-4-1-2-5-16(15)23(26)27/h1-2,4-5,7-10,17H,3,6,11-12H2,(H,21,24). The second-order valence-corrected chi connectivity index (χ2v) is 8.98. The van der Waals surface area contributed by atoms with Crippen LogP contribution in [0.15, 0.2) is 53.4 Å². The van der Waals surface area contributed by atoms with Crippen molar-refractivity contribution in [3.63, 3.8) is 0 Å². The van der Waals surface area contributed by atoms with E-state index in [9.17, 15) is 28.1 Å². The van der Waals surface area contributed by atoms with Crippen LogP contribution in [0.1, 0.15) is 12.8 Å². The Labute approximate surface area is 183 Å². The van der Waals surface area contributed by atoms with Crippen LogP contribution < -0.4 is 5.32 Å². The lowest BCUT2D eigenvalue weighted by Crippen LogP contribution is -2.42. The molecule has 2 aromatic rings. The molecule has 0 bridgehead atoms. The molecule has 0 radical (unpaired) electrons. The average molecular weight is 468 g/mol. The first-order valence-corrected chi connectivity index (χ1v) is 11.0. The second kappa shape index (κ2) is 9.41. The lowest BCUT2D eigenvalue weighted by Gasteiger charge is -2.22. The Morgan fingerprint density at radius 2 is 1.87 bits per heavy atom. The van der Waals surface area contributed by atoms with Gasteiger partial charge in [-0.3, -0.25) is 19.7 Å². The van der Waals surface area contributed by atoms with Crippen LogP contribution in [0, 0.1) is 10.1 Å². The number of carbonyl (C=O) groups excluding carboxylic acids is 2. The molecule has 10 nitrogen and oxygen atoms in total. The third-order valence-corrected chi connectivity index (χ3v) is 6.79. The van der Waals surface area contributed by atoms with E-state index in [0.29, 0.717) is 11.4 Å². The highest BCUT2D eigenvalue weighted by Crippen LogP contribution is 2.28. The van der Waals surface area contributed by atoms with Crippen LogP contribution in [0.5, 0.6) is 0 Å². The summed E-state index contributed by atoms with van der Waals surface area (Å²) in [5.41, 5.74) is -0.348. The number of ether oxygens (including phenoxy) is 1. The summed E-state index contributed by atoms with van der Waals surface area (Å²) in [5.74, 6) is -1.65. The van der Waals surface area contributed by atoms with Gasteiger partial charge in [0.05, 0.1) is 9.82 Å². The van der Waals surface area contributed by atoms with Crippen LogP contribution in [0.2, 0.25) is 5.02 Å². The molecule has 0 saturated carbocycles. The summed E-state index contributed by atoms with van der Waals surface area (Å²) in [6.07, 6.45) is 0.701. The van der Waals surface area contributed by atoms with Gasteiger partial charge in [0.25, 0.3) is 11.6 Å². The SMILES string of the molecule is O=C(COC(=O)C1CCCN1S(=O)(=O)c1ccc(Cl)cc1)Nc1ccccc1[N+](=O)[O-]. The number of nitrogens with zero attached hydrogens (tertiary/aromatic N) is 2. The molecule has 1 aliphatic heterocycles. The van der Waals surface area contributed by atoms with Gasteiger partial charge in [0.15, 0.2) is 6.61 Å². The van der Waals surface area contributed by atoms with Gasteiger partial charge in [-0.05, 0) is 43.2 Å². The van der Waals surface area contributed by atoms with Crippen molar-refractivity contribution in [1.29, 1.82) is 0 Å². The van der Waals surface area contributed by atoms with Crippen LogP contribution in [-0.4, -0.2) is 48.7 Å². The Bertz CT molecular complexity index is 1110. The lowest BCUT2D eigenvalue weighted by molar-refractivity contribution is -0.383. The summed E-state index contributed by atoms with van der Waals surface area (Å²) < 4.78 is 31.8. The van der Waals surface area contributed by atoms with Crippen molar-refractivity contribution in [2.75, 3.05) is 18.5 Å². The van der Waals surface area contributed by atoms with E-state index in [4.69, 9.17) is 16.3 Å². The molecule has 3 rings (SSSR count). The molecule has 1 aliphatic rings. The van der Waals surface area contributed by atoms with Crippen LogP contribution in [0.4, 0.5) is 11.4 Å². The van der Waals surface area contributed by atoms with Crippen molar-refractivity contribution < 1.29 is 27.7 Å². The molecule has 1 heterocycles. The summed E-state index contributed by atoms with van der Waals surface area (Å²) in [7, 11) is -3.95. The van der Waals surface area contributed by atoms with Gasteiger partial charge in [-0.2, -0.15) is 4.31 Å². The fourth-order valence-electron chi connectivity index (χ4n) is 3.16. The predicted molar refractivity (Wildman–Crippen MR) is 111 cm³/mol. The molecule has 12 heteroatoms. The smallest absolute Gasteiger partial charge is 0.324 e. The van der Waals surface area contributed by atoms with E-state index < -0.39 is 39.5 Å². The molecule has 1 amide bonds. The van der Waals surface area contributed by atoms with E-state index in [-0.39, 0.29) is 29.2 Å². The molecule has 1 atom stereocenters. The number of anilines is 1. The van der Waals surface area contributed by atoms with Crippen LogP contribution >= 0.6 is 11.6 Å². The van der Waals surface area contributed by atoms with E-state index in [0.717, 1.165) is 4.31 Å². The van der Waals surface area contributed by atoms with Gasteiger partial charge in [0, 0.05) is 17.6 Å². The van der Waals surface area contributed by atoms with Crippen LogP contribution in [0.25, 0.3) is 0 Å². The van der Waals surface area contributed by atoms with Crippen molar-refractivity contribution in [3.05, 3.63) is 63.7 Å². The fourth-order valence-corrected chi connectivity index (χ4v) is 4.94. The Morgan fingerprint density at radius 3 is 2.55 bits per heavy atom. The molecule has 0 aliphatic carbocycles. The van der Waals surface area contributed by atoms with E-state index in [1.807, 2.05) is 0 Å². The van der Waals surface area contributed by atoms with Crippen molar-refractivity contribution in [2.45, 2.75) is 23.8 Å². The minimum Gasteiger partial charge on any atom is -0.454 e. The number of amides is 1. The Balaban J connectivity index is 1.64. The Morgan fingerprint density at radius 1 is 1.19 bits per heavy atom. The number of benzene rings is 2. The monoisotopic (exact) mass is 467 g/mol. The molecule has 0 spiro atoms. The Kier molecular flexibility index (Phi) is 6.88. The first kappa shape index (κ1) is 22.7. The number of halogens is 1. The quantitative estimate of drug-likeness (QED) is 0.375. The molecular weight excluding hydrogens is 450 g/mol. The highest BCUT2D eigenvalue weighted by atomic mass is 35.5. The van der Waals surface area contributed by atoms with Gasteiger partial charge >= 0.3 is 5.97 Å². The molecule has 0 aromatic heterocycles. The van der Waals surface area contributed by atoms with Gasteiger partial charge in [-0.25, -0.2) is 8.42 Å². The van der Waals surface area contributed by atoms with Gasteiger partial charge in [-0.15, -0.1) is 0 Å². The number of rotatable bonds is 7. The number of carbonyl (C=O) groups is 2. The lowest BCUT2D eigenvalue weighted by atomic mass is 10.2. The maximum atomic E-state index is 12.9. The molecule has 1 fully saturated rings. The number of nitro groups is 1. The van der Waals surface area contributed by atoms with Gasteiger partial charge < -0.3 is 10.1 Å². The minimum absolute atomic E-state index is 0.00858. The summed E-state index contributed by atoms with van der Waals surface area (Å²) in [6, 6.07) is 10.0. The van der Waals surface area contributed by atoms with Crippen molar-refractivity contribution in [1.82, 2.24) is 4.31 Å². The van der Waals surface area contributed by atoms with E-state index in [1.54, 1.807) is 0 Å². The number of nitro benzene ring substituents is 1. The summed E-state index contributed by atoms with van der Waals surface area (Å²) in [5, 5.41) is 13.7. The van der Waals surface area contributed by atoms with E-state index >= 15 is 0 Å². The van der Waals surface area contributed by atoms with Crippen molar-refractivity contribution >= 4 is 44.9 Å². The number of esters is 1. The molecule has 31 heavy (non-hydrogen) atoms. The first-order valence-electron chi connectivity index (χ1n) is 9.17. The largest absolute Gasteiger partial charge is 0.454 e. The van der Waals surface area contributed by atoms with Crippen molar-refractivity contribution in [2.24, 2.45) is 0 Å². The maximum Gasteiger partial charge on any atom is 0.324 e. The number of hydrogen-bond donors (Lipinski definition) is 1. The molecule has 1 unspecified atom stereocenters. The average Bonchev–Trinajstić information content (AvgIpc) is 3.23.